The van der Waals surface area contributed by atoms with Crippen LogP contribution in [-0.2, 0) is 17.3 Å². The molecule has 5 nitrogen and oxygen atoms in total. The van der Waals surface area contributed by atoms with E-state index in [0.29, 0.717) is 16.0 Å². The molecule has 0 saturated heterocycles. The van der Waals surface area contributed by atoms with Gasteiger partial charge in [-0.25, -0.2) is 4.98 Å². The topological polar surface area (TPSA) is 59.8 Å². The van der Waals surface area contributed by atoms with E-state index in [2.05, 4.69) is 31.3 Å². The molecule has 0 aliphatic carbocycles. The van der Waals surface area contributed by atoms with Crippen LogP contribution in [0.3, 0.4) is 0 Å². The number of carbonyl (C=O) groups is 1. The Kier molecular flexibility index (Phi) is 3.71. The first-order chi connectivity index (χ1) is 8.89. The number of hydrogen-bond acceptors (Lipinski definition) is 3. The van der Waals surface area contributed by atoms with Gasteiger partial charge in [0.15, 0.2) is 0 Å². The smallest absolute Gasteiger partial charge is 0.236 e. The van der Waals surface area contributed by atoms with Crippen molar-refractivity contribution in [2.75, 3.05) is 5.32 Å². The number of rotatable bonds is 3. The molecule has 6 heteroatoms. The molecule has 2 heterocycles. The zero-order valence-electron chi connectivity index (χ0n) is 11.0. The second kappa shape index (κ2) is 5.13. The van der Waals surface area contributed by atoms with E-state index in [1.807, 2.05) is 32.0 Å². The first kappa shape index (κ1) is 13.7. The number of aryl methyl sites for hydroxylation is 1. The van der Waals surface area contributed by atoms with Crippen molar-refractivity contribution < 1.29 is 4.79 Å². The van der Waals surface area contributed by atoms with Gasteiger partial charge in [-0.2, -0.15) is 5.10 Å². The highest BCUT2D eigenvalue weighted by molar-refractivity contribution is 9.10. The summed E-state index contributed by atoms with van der Waals surface area (Å²) in [6, 6.07) is 5.54. The summed E-state index contributed by atoms with van der Waals surface area (Å²) < 4.78 is 2.35. The molecule has 2 rings (SSSR count). The van der Waals surface area contributed by atoms with Gasteiger partial charge in [0.2, 0.25) is 5.91 Å². The minimum atomic E-state index is -0.723. The number of pyridine rings is 1. The highest BCUT2D eigenvalue weighted by Gasteiger charge is 2.31. The summed E-state index contributed by atoms with van der Waals surface area (Å²) in [6.07, 6.45) is 3.37. The van der Waals surface area contributed by atoms with E-state index >= 15 is 0 Å². The molecule has 0 spiro atoms. The summed E-state index contributed by atoms with van der Waals surface area (Å²) in [5.74, 6) is -0.119. The van der Waals surface area contributed by atoms with E-state index < -0.39 is 5.41 Å². The van der Waals surface area contributed by atoms with Gasteiger partial charge in [-0.1, -0.05) is 6.07 Å². The Hall–Kier alpha value is -1.69. The Bertz CT molecular complexity index is 606. The molecule has 0 aliphatic rings. The lowest BCUT2D eigenvalue weighted by molar-refractivity contribution is -0.120. The fourth-order valence-corrected chi connectivity index (χ4v) is 1.99. The van der Waals surface area contributed by atoms with Gasteiger partial charge in [-0.15, -0.1) is 0 Å². The summed E-state index contributed by atoms with van der Waals surface area (Å²) in [6.45, 7) is 3.68. The number of aromatic nitrogens is 3. The average Bonchev–Trinajstić information content (AvgIpc) is 2.74. The van der Waals surface area contributed by atoms with Gasteiger partial charge in [0, 0.05) is 13.2 Å². The lowest BCUT2D eigenvalue weighted by atomic mass is 9.87. The van der Waals surface area contributed by atoms with E-state index in [4.69, 9.17) is 0 Å². The summed E-state index contributed by atoms with van der Waals surface area (Å²) >= 11 is 3.32. The number of amides is 1. The standard InChI is InChI=1S/C13H15BrN4O/c1-13(2,10-5-4-6-11(14)17-10)12(19)16-9-7-15-18(3)8-9/h4-8H,1-3H3,(H,16,19). The second-order valence-corrected chi connectivity index (χ2v) is 5.64. The Labute approximate surface area is 120 Å². The number of nitrogens with zero attached hydrogens (tertiary/aromatic N) is 3. The van der Waals surface area contributed by atoms with Crippen LogP contribution in [0.4, 0.5) is 5.69 Å². The molecule has 1 amide bonds. The predicted octanol–water partition coefficient (Wildman–Crippen LogP) is 2.49. The Morgan fingerprint density at radius 2 is 2.16 bits per heavy atom. The van der Waals surface area contributed by atoms with Crippen molar-refractivity contribution in [3.8, 4) is 0 Å². The molecule has 0 bridgehead atoms. The molecule has 0 radical (unpaired) electrons. The molecule has 0 aromatic carbocycles. The van der Waals surface area contributed by atoms with Crippen molar-refractivity contribution >= 4 is 27.5 Å². The third-order valence-electron chi connectivity index (χ3n) is 2.89. The fourth-order valence-electron chi connectivity index (χ4n) is 1.65. The molecule has 0 unspecified atom stereocenters. The van der Waals surface area contributed by atoms with Gasteiger partial charge in [-0.3, -0.25) is 9.48 Å². The molecule has 19 heavy (non-hydrogen) atoms. The van der Waals surface area contributed by atoms with E-state index in [0.717, 1.165) is 0 Å². The van der Waals surface area contributed by atoms with E-state index in [1.54, 1.807) is 24.1 Å². The van der Waals surface area contributed by atoms with E-state index in [9.17, 15) is 4.79 Å². The first-order valence-corrected chi connectivity index (χ1v) is 6.62. The number of hydrogen-bond donors (Lipinski definition) is 1. The van der Waals surface area contributed by atoms with Crippen LogP contribution >= 0.6 is 15.9 Å². The van der Waals surface area contributed by atoms with Gasteiger partial charge < -0.3 is 5.32 Å². The van der Waals surface area contributed by atoms with Crippen LogP contribution in [0.25, 0.3) is 0 Å². The zero-order valence-corrected chi connectivity index (χ0v) is 12.6. The monoisotopic (exact) mass is 322 g/mol. The van der Waals surface area contributed by atoms with Crippen molar-refractivity contribution in [1.29, 1.82) is 0 Å². The van der Waals surface area contributed by atoms with Gasteiger partial charge in [0.25, 0.3) is 0 Å². The Morgan fingerprint density at radius 1 is 1.42 bits per heavy atom. The molecule has 0 aliphatic heterocycles. The average molecular weight is 323 g/mol. The van der Waals surface area contributed by atoms with Crippen LogP contribution < -0.4 is 5.32 Å². The SMILES string of the molecule is Cn1cc(NC(=O)C(C)(C)c2cccc(Br)n2)cn1. The summed E-state index contributed by atoms with van der Waals surface area (Å²) in [7, 11) is 1.80. The molecule has 100 valence electrons. The number of halogens is 1. The maximum Gasteiger partial charge on any atom is 0.236 e. The molecule has 2 aromatic rings. The third kappa shape index (κ3) is 3.01. The van der Waals surface area contributed by atoms with Crippen LogP contribution in [0.5, 0.6) is 0 Å². The molecule has 1 N–H and O–H groups in total. The maximum absolute atomic E-state index is 12.4. The van der Waals surface area contributed by atoms with Crippen LogP contribution in [0, 0.1) is 0 Å². The molecule has 2 aromatic heterocycles. The summed E-state index contributed by atoms with van der Waals surface area (Å²) in [4.78, 5) is 16.7. The minimum Gasteiger partial charge on any atom is -0.323 e. The maximum atomic E-state index is 12.4. The summed E-state index contributed by atoms with van der Waals surface area (Å²) in [5.41, 5.74) is 0.665. The van der Waals surface area contributed by atoms with Crippen molar-refractivity contribution in [3.63, 3.8) is 0 Å². The van der Waals surface area contributed by atoms with Crippen LogP contribution in [0.1, 0.15) is 19.5 Å². The molecular formula is C13H15BrN4O. The highest BCUT2D eigenvalue weighted by Crippen LogP contribution is 2.24. The van der Waals surface area contributed by atoms with Crippen molar-refractivity contribution in [2.45, 2.75) is 19.3 Å². The first-order valence-electron chi connectivity index (χ1n) is 5.83. The fraction of sp³-hybridized carbons (Fsp3) is 0.308. The van der Waals surface area contributed by atoms with Crippen LogP contribution in [-0.4, -0.2) is 20.7 Å². The van der Waals surface area contributed by atoms with Crippen LogP contribution in [0.2, 0.25) is 0 Å². The highest BCUT2D eigenvalue weighted by atomic mass is 79.9. The van der Waals surface area contributed by atoms with Crippen molar-refractivity contribution in [1.82, 2.24) is 14.8 Å². The Balaban J connectivity index is 2.21. The number of anilines is 1. The van der Waals surface area contributed by atoms with Crippen molar-refractivity contribution in [2.24, 2.45) is 7.05 Å². The number of carbonyl (C=O) groups excluding carboxylic acids is 1. The van der Waals surface area contributed by atoms with Gasteiger partial charge in [0.1, 0.15) is 4.60 Å². The van der Waals surface area contributed by atoms with E-state index in [1.165, 1.54) is 0 Å². The van der Waals surface area contributed by atoms with Crippen LogP contribution in [0.15, 0.2) is 35.2 Å². The molecule has 0 atom stereocenters. The largest absolute Gasteiger partial charge is 0.323 e. The third-order valence-corrected chi connectivity index (χ3v) is 3.33. The van der Waals surface area contributed by atoms with E-state index in [-0.39, 0.29) is 5.91 Å². The zero-order chi connectivity index (χ0) is 14.0. The minimum absolute atomic E-state index is 0.119. The normalized spacial score (nSPS) is 11.4. The lowest BCUT2D eigenvalue weighted by Gasteiger charge is -2.22. The second-order valence-electron chi connectivity index (χ2n) is 4.83. The number of nitrogens with one attached hydrogen (secondary N) is 1. The van der Waals surface area contributed by atoms with Gasteiger partial charge >= 0.3 is 0 Å². The predicted molar refractivity (Wildman–Crippen MR) is 76.8 cm³/mol. The molecular weight excluding hydrogens is 308 g/mol. The quantitative estimate of drug-likeness (QED) is 0.883. The van der Waals surface area contributed by atoms with Gasteiger partial charge in [-0.05, 0) is 41.9 Å². The molecule has 0 fully saturated rings. The Morgan fingerprint density at radius 3 is 2.74 bits per heavy atom. The lowest BCUT2D eigenvalue weighted by Crippen LogP contribution is -2.35. The van der Waals surface area contributed by atoms with Gasteiger partial charge in [0.05, 0.1) is 23.0 Å². The van der Waals surface area contributed by atoms with Crippen molar-refractivity contribution in [3.05, 3.63) is 40.9 Å². The molecule has 0 saturated carbocycles. The summed E-state index contributed by atoms with van der Waals surface area (Å²) in [5, 5.41) is 6.86.